The summed E-state index contributed by atoms with van der Waals surface area (Å²) in [5.74, 6) is 0.679. The largest absolute Gasteiger partial charge is 0.264 e. The Labute approximate surface area is 268 Å². The molecule has 2 heterocycles. The Kier molecular flexibility index (Phi) is 7.07. The van der Waals surface area contributed by atoms with Gasteiger partial charge in [-0.2, -0.15) is 0 Å². The monoisotopic (exact) mass is 585 g/mol. The molecule has 214 valence electrons. The van der Waals surface area contributed by atoms with Crippen molar-refractivity contribution in [3.05, 3.63) is 176 Å². The molecule has 0 unspecified atom stereocenters. The Bertz CT molecular complexity index is 2270. The standard InChI is InChI=1S/C43H27N3/c1-2-9-30(10-3-1)31-18-22-34(23-19-31)41-28-42(37-14-6-13-36(27-37)38-15-8-26-44-29-38)46-43(45-41)35-24-20-33(21-25-35)40-17-7-12-32-11-4-5-16-39(32)40/h1-3,5-10,12-29H. The van der Waals surface area contributed by atoms with E-state index in [-0.39, 0.29) is 0 Å². The van der Waals surface area contributed by atoms with Crippen LogP contribution in [-0.4, -0.2) is 15.0 Å². The van der Waals surface area contributed by atoms with Crippen molar-refractivity contribution >= 4 is 10.8 Å². The number of fused-ring (bicyclic) bond motifs is 1. The maximum atomic E-state index is 5.12. The molecule has 8 rings (SSSR count). The molecule has 3 heteroatoms. The summed E-state index contributed by atoms with van der Waals surface area (Å²) < 4.78 is 0. The van der Waals surface area contributed by atoms with E-state index < -0.39 is 0 Å². The van der Waals surface area contributed by atoms with Crippen LogP contribution in [0.25, 0.3) is 78.1 Å². The predicted molar refractivity (Wildman–Crippen MR) is 188 cm³/mol. The fourth-order valence-electron chi connectivity index (χ4n) is 5.88. The van der Waals surface area contributed by atoms with E-state index in [1.807, 2.05) is 24.4 Å². The van der Waals surface area contributed by atoms with Gasteiger partial charge in [0.1, 0.15) is 0 Å². The van der Waals surface area contributed by atoms with Gasteiger partial charge in [-0.25, -0.2) is 9.97 Å². The van der Waals surface area contributed by atoms with Crippen LogP contribution >= 0.6 is 0 Å². The SMILES string of the molecule is c1ccc2c(-c3ccc(-c4nc(-c5ccc(-c6ccccc6)cc5)cc(-c5cccc(-c6cccnc6)c5)n4)cc3)cccc2c#1. The molecular formula is C43H27N3. The third-order valence-corrected chi connectivity index (χ3v) is 8.27. The quantitative estimate of drug-likeness (QED) is 0.195. The Hall–Kier alpha value is -6.37. The number of hydrogen-bond acceptors (Lipinski definition) is 3. The van der Waals surface area contributed by atoms with Crippen LogP contribution < -0.4 is 0 Å². The van der Waals surface area contributed by atoms with Crippen LogP contribution in [0.15, 0.2) is 164 Å². The van der Waals surface area contributed by atoms with Gasteiger partial charge in [-0.05, 0) is 69.6 Å². The van der Waals surface area contributed by atoms with Crippen molar-refractivity contribution in [1.29, 1.82) is 0 Å². The van der Waals surface area contributed by atoms with Crippen molar-refractivity contribution in [3.8, 4) is 67.3 Å². The van der Waals surface area contributed by atoms with E-state index in [4.69, 9.17) is 9.97 Å². The third-order valence-electron chi connectivity index (χ3n) is 8.27. The topological polar surface area (TPSA) is 38.7 Å². The molecular weight excluding hydrogens is 558 g/mol. The Morgan fingerprint density at radius 2 is 1.09 bits per heavy atom. The summed E-state index contributed by atoms with van der Waals surface area (Å²) >= 11 is 0. The van der Waals surface area contributed by atoms with E-state index >= 15 is 0 Å². The first kappa shape index (κ1) is 27.2. The van der Waals surface area contributed by atoms with Crippen molar-refractivity contribution in [2.75, 3.05) is 0 Å². The Balaban J connectivity index is 1.22. The molecule has 0 aliphatic heterocycles. The lowest BCUT2D eigenvalue weighted by atomic mass is 9.98. The first-order valence-corrected chi connectivity index (χ1v) is 15.3. The van der Waals surface area contributed by atoms with Crippen LogP contribution in [0.3, 0.4) is 0 Å². The molecule has 46 heavy (non-hydrogen) atoms. The molecule has 0 saturated carbocycles. The van der Waals surface area contributed by atoms with Crippen molar-refractivity contribution in [3.63, 3.8) is 0 Å². The summed E-state index contributed by atoms with van der Waals surface area (Å²) in [7, 11) is 0. The van der Waals surface area contributed by atoms with E-state index in [2.05, 4.69) is 151 Å². The summed E-state index contributed by atoms with van der Waals surface area (Å²) in [6.45, 7) is 0. The van der Waals surface area contributed by atoms with Gasteiger partial charge in [-0.1, -0.05) is 127 Å². The molecule has 0 atom stereocenters. The maximum absolute atomic E-state index is 5.12. The summed E-state index contributed by atoms with van der Waals surface area (Å²) in [6, 6.07) is 58.7. The molecule has 0 amide bonds. The normalized spacial score (nSPS) is 10.9. The van der Waals surface area contributed by atoms with Crippen LogP contribution in [0, 0.1) is 12.1 Å². The molecule has 0 aliphatic rings. The average molecular weight is 586 g/mol. The molecule has 6 aromatic carbocycles. The highest BCUT2D eigenvalue weighted by Crippen LogP contribution is 2.33. The van der Waals surface area contributed by atoms with Gasteiger partial charge in [0.2, 0.25) is 0 Å². The smallest absolute Gasteiger partial charge is 0.160 e. The zero-order valence-corrected chi connectivity index (χ0v) is 24.9. The van der Waals surface area contributed by atoms with E-state index in [0.717, 1.165) is 61.1 Å². The van der Waals surface area contributed by atoms with Crippen LogP contribution in [0.1, 0.15) is 0 Å². The van der Waals surface area contributed by atoms with Gasteiger partial charge in [0.05, 0.1) is 11.4 Å². The molecule has 0 N–H and O–H groups in total. The second-order valence-electron chi connectivity index (χ2n) is 11.2. The molecule has 0 fully saturated rings. The lowest BCUT2D eigenvalue weighted by Gasteiger charge is -2.12. The van der Waals surface area contributed by atoms with Gasteiger partial charge in [0.25, 0.3) is 0 Å². The zero-order chi connectivity index (χ0) is 30.7. The van der Waals surface area contributed by atoms with E-state index in [0.29, 0.717) is 5.82 Å². The van der Waals surface area contributed by atoms with Gasteiger partial charge >= 0.3 is 0 Å². The zero-order valence-electron chi connectivity index (χ0n) is 24.9. The van der Waals surface area contributed by atoms with E-state index in [1.165, 1.54) is 11.1 Å². The highest BCUT2D eigenvalue weighted by atomic mass is 14.9. The first-order valence-electron chi connectivity index (χ1n) is 15.3. The molecule has 2 aromatic heterocycles. The number of hydrogen-bond donors (Lipinski definition) is 0. The summed E-state index contributed by atoms with van der Waals surface area (Å²) in [4.78, 5) is 14.5. The summed E-state index contributed by atoms with van der Waals surface area (Å²) in [6.07, 6.45) is 3.68. The summed E-state index contributed by atoms with van der Waals surface area (Å²) in [5, 5.41) is 2.21. The molecule has 0 bridgehead atoms. The molecule has 0 saturated heterocycles. The van der Waals surface area contributed by atoms with Crippen molar-refractivity contribution in [2.45, 2.75) is 0 Å². The Morgan fingerprint density at radius 1 is 0.435 bits per heavy atom. The fourth-order valence-corrected chi connectivity index (χ4v) is 5.88. The van der Waals surface area contributed by atoms with Gasteiger partial charge in [-0.15, -0.1) is 0 Å². The van der Waals surface area contributed by atoms with Gasteiger partial charge in [0.15, 0.2) is 5.82 Å². The minimum atomic E-state index is 0.679. The number of nitrogens with zero attached hydrogens (tertiary/aromatic N) is 3. The lowest BCUT2D eigenvalue weighted by molar-refractivity contribution is 1.18. The van der Waals surface area contributed by atoms with Crippen LogP contribution in [0.2, 0.25) is 0 Å². The molecule has 0 spiro atoms. The predicted octanol–water partition coefficient (Wildman–Crippen LogP) is 10.6. The average Bonchev–Trinajstić information content (AvgIpc) is 3.15. The minimum absolute atomic E-state index is 0.679. The highest BCUT2D eigenvalue weighted by molar-refractivity contribution is 5.96. The number of rotatable bonds is 6. The molecule has 0 radical (unpaired) electrons. The molecule has 3 nitrogen and oxygen atoms in total. The van der Waals surface area contributed by atoms with Crippen molar-refractivity contribution in [1.82, 2.24) is 15.0 Å². The fraction of sp³-hybridized carbons (Fsp3) is 0. The number of pyridine rings is 1. The second-order valence-corrected chi connectivity index (χ2v) is 11.2. The van der Waals surface area contributed by atoms with Crippen LogP contribution in [-0.2, 0) is 0 Å². The van der Waals surface area contributed by atoms with Crippen LogP contribution in [0.4, 0.5) is 0 Å². The van der Waals surface area contributed by atoms with Crippen molar-refractivity contribution < 1.29 is 0 Å². The minimum Gasteiger partial charge on any atom is -0.264 e. The van der Waals surface area contributed by atoms with Crippen molar-refractivity contribution in [2.24, 2.45) is 0 Å². The third kappa shape index (κ3) is 5.41. The maximum Gasteiger partial charge on any atom is 0.160 e. The highest BCUT2D eigenvalue weighted by Gasteiger charge is 2.13. The number of aromatic nitrogens is 3. The molecule has 0 aliphatic carbocycles. The van der Waals surface area contributed by atoms with Gasteiger partial charge in [0, 0.05) is 40.0 Å². The number of benzene rings is 5. The summed E-state index contributed by atoms with van der Waals surface area (Å²) in [5.41, 5.74) is 11.6. The second kappa shape index (κ2) is 12.0. The molecule has 8 aromatic rings. The van der Waals surface area contributed by atoms with Crippen LogP contribution in [0.5, 0.6) is 0 Å². The van der Waals surface area contributed by atoms with Gasteiger partial charge < -0.3 is 0 Å². The van der Waals surface area contributed by atoms with E-state index in [1.54, 1.807) is 6.20 Å². The van der Waals surface area contributed by atoms with E-state index in [9.17, 15) is 0 Å². The Morgan fingerprint density at radius 3 is 1.89 bits per heavy atom. The van der Waals surface area contributed by atoms with Gasteiger partial charge in [-0.3, -0.25) is 4.98 Å². The lowest BCUT2D eigenvalue weighted by Crippen LogP contribution is -1.96. The first-order chi connectivity index (χ1) is 22.8.